The maximum atomic E-state index is 13.5. The molecule has 1 aliphatic heterocycles. The number of likely N-dealkylation sites (N-methyl/N-ethyl adjacent to an activating group) is 1. The molecule has 2 aliphatic rings. The molecule has 1 aromatic carbocycles. The summed E-state index contributed by atoms with van der Waals surface area (Å²) in [4.78, 5) is 25.7. The van der Waals surface area contributed by atoms with Crippen LogP contribution in [0.3, 0.4) is 0 Å². The van der Waals surface area contributed by atoms with Crippen LogP contribution in [0, 0.1) is 6.92 Å². The standard InChI is InChI=1S/C22H32N2O3/c1-4-24(15-8-6-5-7-9-16-24)22(13-14-22)21(26)23-19-17(2)11-10-12-18(19)20(25)27-3/h10-12H,4-9,13-16H2,1-3H3/p+1. The van der Waals surface area contributed by atoms with Gasteiger partial charge in [0.1, 0.15) is 0 Å². The molecule has 0 radical (unpaired) electrons. The number of anilines is 1. The van der Waals surface area contributed by atoms with E-state index in [1.54, 1.807) is 6.07 Å². The summed E-state index contributed by atoms with van der Waals surface area (Å²) in [6.45, 7) is 7.30. The van der Waals surface area contributed by atoms with Gasteiger partial charge in [0.25, 0.3) is 5.91 Å². The summed E-state index contributed by atoms with van der Waals surface area (Å²) >= 11 is 0. The van der Waals surface area contributed by atoms with Crippen molar-refractivity contribution in [1.82, 2.24) is 0 Å². The number of benzene rings is 1. The van der Waals surface area contributed by atoms with E-state index in [-0.39, 0.29) is 11.4 Å². The number of hydrogen-bond donors (Lipinski definition) is 1. The summed E-state index contributed by atoms with van der Waals surface area (Å²) in [5, 5.41) is 3.13. The minimum atomic E-state index is -0.413. The molecular formula is C22H33N2O3+. The van der Waals surface area contributed by atoms with Crippen LogP contribution < -0.4 is 5.32 Å². The van der Waals surface area contributed by atoms with Gasteiger partial charge in [-0.15, -0.1) is 0 Å². The van der Waals surface area contributed by atoms with Crippen molar-refractivity contribution in [3.63, 3.8) is 0 Å². The summed E-state index contributed by atoms with van der Waals surface area (Å²) in [6, 6.07) is 5.46. The Bertz CT molecular complexity index is 702. The molecule has 5 nitrogen and oxygen atoms in total. The number of carbonyl (C=O) groups is 2. The first-order chi connectivity index (χ1) is 13.0. The summed E-state index contributed by atoms with van der Waals surface area (Å²) < 4.78 is 5.81. The molecule has 148 valence electrons. The number of likely N-dealkylation sites (tertiary alicyclic amines) is 1. The quantitative estimate of drug-likeness (QED) is 0.626. The fraction of sp³-hybridized carbons (Fsp3) is 0.636. The van der Waals surface area contributed by atoms with Crippen LogP contribution in [-0.4, -0.2) is 48.6 Å². The lowest BCUT2D eigenvalue weighted by Gasteiger charge is -2.45. The Morgan fingerprint density at radius 2 is 1.74 bits per heavy atom. The first-order valence-corrected chi connectivity index (χ1v) is 10.4. The van der Waals surface area contributed by atoms with E-state index in [2.05, 4.69) is 12.2 Å². The lowest BCUT2D eigenvalue weighted by molar-refractivity contribution is -0.951. The highest BCUT2D eigenvalue weighted by molar-refractivity contribution is 6.05. The Balaban J connectivity index is 1.88. The van der Waals surface area contributed by atoms with Crippen molar-refractivity contribution < 1.29 is 18.8 Å². The predicted octanol–water partition coefficient (Wildman–Crippen LogP) is 4.05. The Hall–Kier alpha value is -1.88. The Morgan fingerprint density at radius 3 is 2.30 bits per heavy atom. The van der Waals surface area contributed by atoms with Gasteiger partial charge < -0.3 is 14.5 Å². The van der Waals surface area contributed by atoms with E-state index in [1.807, 2.05) is 19.1 Å². The van der Waals surface area contributed by atoms with Gasteiger partial charge >= 0.3 is 5.97 Å². The van der Waals surface area contributed by atoms with Gasteiger partial charge in [0.15, 0.2) is 5.54 Å². The molecule has 3 rings (SSSR count). The fourth-order valence-electron chi connectivity index (χ4n) is 4.90. The van der Waals surface area contributed by atoms with Crippen LogP contribution in [0.2, 0.25) is 0 Å². The number of carbonyl (C=O) groups excluding carboxylic acids is 2. The summed E-state index contributed by atoms with van der Waals surface area (Å²) in [5.41, 5.74) is 1.58. The number of rotatable bonds is 5. The second-order valence-corrected chi connectivity index (χ2v) is 8.15. The van der Waals surface area contributed by atoms with E-state index >= 15 is 0 Å². The van der Waals surface area contributed by atoms with Gasteiger partial charge in [0.2, 0.25) is 0 Å². The molecule has 0 bridgehead atoms. The van der Waals surface area contributed by atoms with E-state index in [0.29, 0.717) is 11.3 Å². The second-order valence-electron chi connectivity index (χ2n) is 8.15. The van der Waals surface area contributed by atoms with Gasteiger partial charge in [-0.25, -0.2) is 4.79 Å². The Morgan fingerprint density at radius 1 is 1.11 bits per heavy atom. The zero-order chi connectivity index (χ0) is 19.5. The maximum Gasteiger partial charge on any atom is 0.339 e. The topological polar surface area (TPSA) is 55.4 Å². The highest BCUT2D eigenvalue weighted by Gasteiger charge is 2.64. The third kappa shape index (κ3) is 3.62. The first kappa shape index (κ1) is 19.9. The van der Waals surface area contributed by atoms with Crippen molar-refractivity contribution in [2.45, 2.75) is 64.3 Å². The van der Waals surface area contributed by atoms with Crippen LogP contribution >= 0.6 is 0 Å². The van der Waals surface area contributed by atoms with Gasteiger partial charge in [-0.05, 0) is 51.2 Å². The van der Waals surface area contributed by atoms with Crippen molar-refractivity contribution in [1.29, 1.82) is 0 Å². The van der Waals surface area contributed by atoms with E-state index < -0.39 is 5.97 Å². The molecule has 1 N–H and O–H groups in total. The average Bonchev–Trinajstić information content (AvgIpc) is 3.45. The van der Waals surface area contributed by atoms with Crippen molar-refractivity contribution in [2.75, 3.05) is 32.1 Å². The highest BCUT2D eigenvalue weighted by atomic mass is 16.5. The molecular weight excluding hydrogens is 340 g/mol. The van der Waals surface area contributed by atoms with Gasteiger partial charge in [-0.2, -0.15) is 0 Å². The minimum absolute atomic E-state index is 0.0735. The molecule has 1 heterocycles. The third-order valence-electron chi connectivity index (χ3n) is 6.75. The number of methoxy groups -OCH3 is 1. The number of ether oxygens (including phenoxy) is 1. The second kappa shape index (κ2) is 8.01. The Kier molecular flexibility index (Phi) is 5.89. The first-order valence-electron chi connectivity index (χ1n) is 10.4. The van der Waals surface area contributed by atoms with Crippen LogP contribution in [0.1, 0.15) is 67.8 Å². The zero-order valence-electron chi connectivity index (χ0n) is 17.0. The fourth-order valence-corrected chi connectivity index (χ4v) is 4.90. The molecule has 1 aliphatic carbocycles. The van der Waals surface area contributed by atoms with E-state index in [0.717, 1.165) is 42.5 Å². The molecule has 0 unspecified atom stereocenters. The monoisotopic (exact) mass is 373 g/mol. The molecule has 1 amide bonds. The maximum absolute atomic E-state index is 13.5. The smallest absolute Gasteiger partial charge is 0.339 e. The number of nitrogens with zero attached hydrogens (tertiary/aromatic N) is 1. The molecule has 0 aromatic heterocycles. The molecule has 2 fully saturated rings. The summed E-state index contributed by atoms with van der Waals surface area (Å²) in [7, 11) is 1.37. The number of amides is 1. The third-order valence-corrected chi connectivity index (χ3v) is 6.75. The van der Waals surface area contributed by atoms with Crippen LogP contribution in [0.25, 0.3) is 0 Å². The van der Waals surface area contributed by atoms with Crippen molar-refractivity contribution in [3.05, 3.63) is 29.3 Å². The van der Waals surface area contributed by atoms with Gasteiger partial charge in [-0.3, -0.25) is 4.79 Å². The molecule has 1 saturated carbocycles. The van der Waals surface area contributed by atoms with Gasteiger partial charge in [-0.1, -0.05) is 18.6 Å². The van der Waals surface area contributed by atoms with Crippen LogP contribution in [-0.2, 0) is 9.53 Å². The average molecular weight is 374 g/mol. The normalized spacial score (nSPS) is 20.9. The number of hydrogen-bond acceptors (Lipinski definition) is 3. The molecule has 1 saturated heterocycles. The van der Waals surface area contributed by atoms with E-state index in [4.69, 9.17) is 4.74 Å². The van der Waals surface area contributed by atoms with Crippen LogP contribution in [0.4, 0.5) is 5.69 Å². The number of quaternary nitrogens is 1. The number of nitrogens with one attached hydrogen (secondary N) is 1. The van der Waals surface area contributed by atoms with Crippen molar-refractivity contribution >= 4 is 17.6 Å². The lowest BCUT2D eigenvalue weighted by atomic mass is 10.00. The molecule has 5 heteroatoms. The molecule has 0 spiro atoms. The van der Waals surface area contributed by atoms with Crippen LogP contribution in [0.15, 0.2) is 18.2 Å². The number of para-hydroxylation sites is 1. The molecule has 27 heavy (non-hydrogen) atoms. The largest absolute Gasteiger partial charge is 0.465 e. The number of aryl methyl sites for hydroxylation is 1. The highest BCUT2D eigenvalue weighted by Crippen LogP contribution is 2.49. The SMILES string of the molecule is CC[N+]1(C2(C(=O)Nc3c(C)cccc3C(=O)OC)CC2)CCCCCCC1. The summed E-state index contributed by atoms with van der Waals surface area (Å²) in [6.07, 6.45) is 8.11. The van der Waals surface area contributed by atoms with Gasteiger partial charge in [0, 0.05) is 12.8 Å². The van der Waals surface area contributed by atoms with Crippen molar-refractivity contribution in [2.24, 2.45) is 0 Å². The lowest BCUT2D eigenvalue weighted by Crippen LogP contribution is -2.63. The zero-order valence-corrected chi connectivity index (χ0v) is 17.0. The summed E-state index contributed by atoms with van der Waals surface area (Å²) in [5.74, 6) is -0.339. The Labute approximate surface area is 162 Å². The van der Waals surface area contributed by atoms with Crippen molar-refractivity contribution in [3.8, 4) is 0 Å². The predicted molar refractivity (Wildman–Crippen MR) is 107 cm³/mol. The molecule has 0 atom stereocenters. The number of esters is 1. The van der Waals surface area contributed by atoms with E-state index in [9.17, 15) is 9.59 Å². The minimum Gasteiger partial charge on any atom is -0.465 e. The van der Waals surface area contributed by atoms with Crippen LogP contribution in [0.5, 0.6) is 0 Å². The van der Waals surface area contributed by atoms with E-state index in [1.165, 1.54) is 39.2 Å². The molecule has 1 aromatic rings. The van der Waals surface area contributed by atoms with Gasteiger partial charge in [0.05, 0.1) is 38.0 Å².